The minimum Gasteiger partial charge on any atom is -0.390 e. The molecule has 0 saturated heterocycles. The van der Waals surface area contributed by atoms with Crippen molar-refractivity contribution < 1.29 is 13.9 Å². The molecule has 14 heavy (non-hydrogen) atoms. The minimum absolute atomic E-state index is 0.249. The van der Waals surface area contributed by atoms with Gasteiger partial charge < -0.3 is 5.11 Å². The van der Waals surface area contributed by atoms with Crippen LogP contribution in [0.1, 0.15) is 5.56 Å². The summed E-state index contributed by atoms with van der Waals surface area (Å²) in [6.07, 6.45) is 2.65. The molecule has 0 atom stereocenters. The van der Waals surface area contributed by atoms with E-state index in [2.05, 4.69) is 5.10 Å². The highest BCUT2D eigenvalue weighted by Gasteiger charge is 2.33. The molecule has 0 unspecified atom stereocenters. The zero-order valence-corrected chi connectivity index (χ0v) is 7.19. The van der Waals surface area contributed by atoms with E-state index in [9.17, 15) is 8.78 Å². The SMILES string of the molecule is OCC(F)(F)c1cnn2ccccc12. The fourth-order valence-electron chi connectivity index (χ4n) is 1.30. The number of pyridine rings is 1. The molecule has 3 nitrogen and oxygen atoms in total. The molecule has 2 aromatic rings. The highest BCUT2D eigenvalue weighted by atomic mass is 19.3. The van der Waals surface area contributed by atoms with Gasteiger partial charge >= 0.3 is 0 Å². The van der Waals surface area contributed by atoms with E-state index in [-0.39, 0.29) is 5.56 Å². The number of nitrogens with zero attached hydrogens (tertiary/aromatic N) is 2. The number of hydrogen-bond acceptors (Lipinski definition) is 2. The molecule has 74 valence electrons. The lowest BCUT2D eigenvalue weighted by Crippen LogP contribution is -2.17. The van der Waals surface area contributed by atoms with Gasteiger partial charge in [-0.05, 0) is 12.1 Å². The number of hydrogen-bond donors (Lipinski definition) is 1. The predicted molar refractivity (Wildman–Crippen MR) is 46.2 cm³/mol. The summed E-state index contributed by atoms with van der Waals surface area (Å²) >= 11 is 0. The summed E-state index contributed by atoms with van der Waals surface area (Å²) in [5, 5.41) is 12.3. The molecule has 0 bridgehead atoms. The molecule has 2 heterocycles. The van der Waals surface area contributed by atoms with Crippen LogP contribution in [-0.4, -0.2) is 21.3 Å². The van der Waals surface area contributed by atoms with Crippen LogP contribution in [-0.2, 0) is 5.92 Å². The normalized spacial score (nSPS) is 12.2. The molecule has 1 N–H and O–H groups in total. The Balaban J connectivity index is 2.64. The summed E-state index contributed by atoms with van der Waals surface area (Å²) in [5.74, 6) is -3.23. The molecule has 0 radical (unpaired) electrons. The largest absolute Gasteiger partial charge is 0.390 e. The molecule has 0 saturated carbocycles. The van der Waals surface area contributed by atoms with Crippen LogP contribution in [0.2, 0.25) is 0 Å². The van der Waals surface area contributed by atoms with E-state index in [0.29, 0.717) is 5.52 Å². The van der Waals surface area contributed by atoms with Crippen LogP contribution in [0.4, 0.5) is 8.78 Å². The molecule has 0 aromatic carbocycles. The number of halogens is 2. The van der Waals surface area contributed by atoms with Gasteiger partial charge in [-0.1, -0.05) is 6.07 Å². The summed E-state index contributed by atoms with van der Waals surface area (Å²) in [6.45, 7) is -1.21. The Kier molecular flexibility index (Phi) is 1.96. The Labute approximate surface area is 78.6 Å². The van der Waals surface area contributed by atoms with Gasteiger partial charge in [0.05, 0.1) is 17.3 Å². The molecule has 0 aliphatic rings. The summed E-state index contributed by atoms with van der Waals surface area (Å²) in [7, 11) is 0. The smallest absolute Gasteiger partial charge is 0.299 e. The first-order valence-electron chi connectivity index (χ1n) is 4.07. The maximum absolute atomic E-state index is 13.1. The topological polar surface area (TPSA) is 37.5 Å². The first kappa shape index (κ1) is 9.08. The number of aliphatic hydroxyl groups is 1. The zero-order chi connectivity index (χ0) is 10.2. The molecule has 0 fully saturated rings. The van der Waals surface area contributed by atoms with Gasteiger partial charge in [0.2, 0.25) is 0 Å². The van der Waals surface area contributed by atoms with Crippen LogP contribution in [0.25, 0.3) is 5.52 Å². The van der Waals surface area contributed by atoms with Crippen molar-refractivity contribution in [3.8, 4) is 0 Å². The second-order valence-corrected chi connectivity index (χ2v) is 2.95. The zero-order valence-electron chi connectivity index (χ0n) is 7.19. The van der Waals surface area contributed by atoms with E-state index in [1.807, 2.05) is 0 Å². The highest BCUT2D eigenvalue weighted by Crippen LogP contribution is 2.30. The second kappa shape index (κ2) is 3.02. The number of alkyl halides is 2. The van der Waals surface area contributed by atoms with E-state index >= 15 is 0 Å². The maximum Gasteiger partial charge on any atom is 0.299 e. The lowest BCUT2D eigenvalue weighted by molar-refractivity contribution is -0.0544. The standard InChI is InChI=1S/C9H8F2N2O/c10-9(11,6-14)7-5-12-13-4-2-1-3-8(7)13/h1-5,14H,6H2. The average Bonchev–Trinajstić information content (AvgIpc) is 2.61. The number of fused-ring (bicyclic) bond motifs is 1. The molecule has 0 spiro atoms. The number of aliphatic hydroxyl groups excluding tert-OH is 1. The highest BCUT2D eigenvalue weighted by molar-refractivity contribution is 5.55. The van der Waals surface area contributed by atoms with Crippen molar-refractivity contribution in [2.45, 2.75) is 5.92 Å². The fourth-order valence-corrected chi connectivity index (χ4v) is 1.30. The quantitative estimate of drug-likeness (QED) is 0.792. The lowest BCUT2D eigenvalue weighted by Gasteiger charge is -2.10. The van der Waals surface area contributed by atoms with Crippen LogP contribution in [0.3, 0.4) is 0 Å². The Morgan fingerprint density at radius 1 is 1.43 bits per heavy atom. The first-order chi connectivity index (χ1) is 6.65. The van der Waals surface area contributed by atoms with Gasteiger partial charge in [-0.3, -0.25) is 0 Å². The fraction of sp³-hybridized carbons (Fsp3) is 0.222. The third-order valence-electron chi connectivity index (χ3n) is 2.02. The van der Waals surface area contributed by atoms with Crippen LogP contribution in [0.5, 0.6) is 0 Å². The van der Waals surface area contributed by atoms with Gasteiger partial charge in [0, 0.05) is 6.20 Å². The van der Waals surface area contributed by atoms with E-state index in [4.69, 9.17) is 5.11 Å². The van der Waals surface area contributed by atoms with E-state index in [1.165, 1.54) is 10.6 Å². The molecule has 5 heteroatoms. The van der Waals surface area contributed by atoms with Crippen molar-refractivity contribution in [3.05, 3.63) is 36.2 Å². The second-order valence-electron chi connectivity index (χ2n) is 2.95. The molecular weight excluding hydrogens is 190 g/mol. The Morgan fingerprint density at radius 2 is 2.21 bits per heavy atom. The van der Waals surface area contributed by atoms with Crippen LogP contribution in [0.15, 0.2) is 30.6 Å². The van der Waals surface area contributed by atoms with Gasteiger partial charge in [-0.2, -0.15) is 13.9 Å². The summed E-state index contributed by atoms with van der Waals surface area (Å²) in [6, 6.07) is 4.88. The van der Waals surface area contributed by atoms with E-state index in [0.717, 1.165) is 6.20 Å². The van der Waals surface area contributed by atoms with Gasteiger partial charge in [-0.15, -0.1) is 0 Å². The monoisotopic (exact) mass is 198 g/mol. The van der Waals surface area contributed by atoms with E-state index < -0.39 is 12.5 Å². The van der Waals surface area contributed by atoms with Crippen molar-refractivity contribution in [1.82, 2.24) is 9.61 Å². The van der Waals surface area contributed by atoms with Crippen LogP contribution < -0.4 is 0 Å². The third kappa shape index (κ3) is 1.26. The lowest BCUT2D eigenvalue weighted by atomic mass is 10.1. The van der Waals surface area contributed by atoms with Gasteiger partial charge in [0.25, 0.3) is 5.92 Å². The van der Waals surface area contributed by atoms with Crippen molar-refractivity contribution >= 4 is 5.52 Å². The Hall–Kier alpha value is -1.49. The third-order valence-corrected chi connectivity index (χ3v) is 2.02. The molecule has 2 aromatic heterocycles. The maximum atomic E-state index is 13.1. The van der Waals surface area contributed by atoms with Crippen molar-refractivity contribution in [2.24, 2.45) is 0 Å². The molecule has 0 aliphatic heterocycles. The average molecular weight is 198 g/mol. The van der Waals surface area contributed by atoms with Crippen LogP contribution >= 0.6 is 0 Å². The van der Waals surface area contributed by atoms with Gasteiger partial charge in [-0.25, -0.2) is 4.52 Å². The Morgan fingerprint density at radius 3 is 2.93 bits per heavy atom. The number of aromatic nitrogens is 2. The van der Waals surface area contributed by atoms with E-state index in [1.54, 1.807) is 18.3 Å². The Bertz CT molecular complexity index is 453. The van der Waals surface area contributed by atoms with Crippen LogP contribution in [0, 0.1) is 0 Å². The molecule has 0 amide bonds. The first-order valence-corrected chi connectivity index (χ1v) is 4.07. The van der Waals surface area contributed by atoms with Crippen molar-refractivity contribution in [3.63, 3.8) is 0 Å². The van der Waals surface area contributed by atoms with Crippen molar-refractivity contribution in [2.75, 3.05) is 6.61 Å². The molecular formula is C9H8F2N2O. The van der Waals surface area contributed by atoms with Gasteiger partial charge in [0.15, 0.2) is 0 Å². The molecule has 2 rings (SSSR count). The minimum atomic E-state index is -3.23. The summed E-state index contributed by atoms with van der Waals surface area (Å²) in [5.41, 5.74) is 0.0622. The van der Waals surface area contributed by atoms with Gasteiger partial charge in [0.1, 0.15) is 6.61 Å². The number of rotatable bonds is 2. The molecule has 0 aliphatic carbocycles. The summed E-state index contributed by atoms with van der Waals surface area (Å²) < 4.78 is 27.6. The van der Waals surface area contributed by atoms with Crippen molar-refractivity contribution in [1.29, 1.82) is 0 Å². The summed E-state index contributed by atoms with van der Waals surface area (Å²) in [4.78, 5) is 0. The predicted octanol–water partition coefficient (Wildman–Crippen LogP) is 1.42.